The number of carbonyl (C=O) groups is 2. The number of carbonyl (C=O) groups excluding carboxylic acids is 2. The quantitative estimate of drug-likeness (QED) is 0.211. The molecule has 4 aromatic rings. The first-order valence-electron chi connectivity index (χ1n) is 11.2. The predicted octanol–water partition coefficient (Wildman–Crippen LogP) is 5.10. The van der Waals surface area contributed by atoms with Crippen LogP contribution in [-0.2, 0) is 9.63 Å². The maximum absolute atomic E-state index is 12.8. The second-order valence-electron chi connectivity index (χ2n) is 8.23. The SMILES string of the molecule is Cc1noc(C)c1C#Cc1ccn2c(-c3cccc(N(OC(=O)C(F)(F)F)C(=O)NCC(F)(F)F)c3)cnc2c1. The Morgan fingerprint density at radius 1 is 1.10 bits per heavy atom. The number of hydroxylamine groups is 1. The van der Waals surface area contributed by atoms with Crippen LogP contribution < -0.4 is 10.4 Å². The summed E-state index contributed by atoms with van der Waals surface area (Å²) in [5.74, 6) is 3.72. The summed E-state index contributed by atoms with van der Waals surface area (Å²) in [5, 5.41) is 5.02. The standard InChI is InChI=1S/C25H17F6N5O4/c1-14-19(15(2)39-34-14)7-6-16-8-9-35-20(12-32-21(35)10-16)17-4-3-5-18(11-17)36(40-22(37)25(29,30)31)23(38)33-13-24(26,27)28/h3-5,8-12H,13H2,1-2H3,(H,33,38). The third-order valence-electron chi connectivity index (χ3n) is 5.29. The zero-order valence-electron chi connectivity index (χ0n) is 20.5. The van der Waals surface area contributed by atoms with E-state index in [1.54, 1.807) is 36.6 Å². The number of aryl methyl sites for hydroxylation is 2. The van der Waals surface area contributed by atoms with Gasteiger partial charge in [-0.25, -0.2) is 14.6 Å². The Morgan fingerprint density at radius 2 is 1.85 bits per heavy atom. The third kappa shape index (κ3) is 6.34. The summed E-state index contributed by atoms with van der Waals surface area (Å²) >= 11 is 0. The molecule has 208 valence electrons. The van der Waals surface area contributed by atoms with Gasteiger partial charge in [0.05, 0.1) is 28.8 Å². The monoisotopic (exact) mass is 565 g/mol. The van der Waals surface area contributed by atoms with E-state index in [-0.39, 0.29) is 10.6 Å². The topological polar surface area (TPSA) is 102 Å². The minimum atomic E-state index is -5.52. The van der Waals surface area contributed by atoms with Crippen LogP contribution in [0.1, 0.15) is 22.6 Å². The van der Waals surface area contributed by atoms with Crippen molar-refractivity contribution in [2.24, 2.45) is 0 Å². The summed E-state index contributed by atoms with van der Waals surface area (Å²) in [6, 6.07) is 6.63. The Morgan fingerprint density at radius 3 is 2.50 bits per heavy atom. The van der Waals surface area contributed by atoms with Gasteiger partial charge in [-0.15, -0.1) is 5.06 Å². The van der Waals surface area contributed by atoms with Gasteiger partial charge in [0.2, 0.25) is 0 Å². The number of fused-ring (bicyclic) bond motifs is 1. The van der Waals surface area contributed by atoms with Crippen molar-refractivity contribution in [3.8, 4) is 23.1 Å². The Bertz CT molecular complexity index is 1630. The van der Waals surface area contributed by atoms with E-state index in [0.29, 0.717) is 33.9 Å². The van der Waals surface area contributed by atoms with Crippen LogP contribution in [0, 0.1) is 25.7 Å². The molecule has 0 aliphatic carbocycles. The molecule has 0 atom stereocenters. The molecule has 0 bridgehead atoms. The summed E-state index contributed by atoms with van der Waals surface area (Å²) in [4.78, 5) is 32.1. The number of nitrogens with one attached hydrogen (secondary N) is 1. The van der Waals surface area contributed by atoms with Gasteiger partial charge in [0.1, 0.15) is 18.0 Å². The van der Waals surface area contributed by atoms with Gasteiger partial charge in [-0.05, 0) is 38.1 Å². The van der Waals surface area contributed by atoms with Crippen LogP contribution in [-0.4, -0.2) is 45.4 Å². The molecule has 15 heteroatoms. The zero-order chi connectivity index (χ0) is 29.2. The Kier molecular flexibility index (Phi) is 7.45. The molecule has 1 aromatic carbocycles. The predicted molar refractivity (Wildman–Crippen MR) is 127 cm³/mol. The molecule has 9 nitrogen and oxygen atoms in total. The molecule has 0 unspecified atom stereocenters. The van der Waals surface area contributed by atoms with Crippen molar-refractivity contribution in [2.75, 3.05) is 11.6 Å². The van der Waals surface area contributed by atoms with Gasteiger partial charge < -0.3 is 14.7 Å². The second-order valence-corrected chi connectivity index (χ2v) is 8.23. The minimum Gasteiger partial charge on any atom is -0.360 e. The van der Waals surface area contributed by atoms with Gasteiger partial charge in [0.25, 0.3) is 0 Å². The number of pyridine rings is 1. The fourth-order valence-corrected chi connectivity index (χ4v) is 3.45. The van der Waals surface area contributed by atoms with E-state index in [9.17, 15) is 35.9 Å². The molecular formula is C25H17F6N5O4. The molecule has 4 rings (SSSR count). The number of amides is 2. The van der Waals surface area contributed by atoms with Crippen molar-refractivity contribution in [1.29, 1.82) is 0 Å². The number of anilines is 1. The van der Waals surface area contributed by atoms with Crippen molar-refractivity contribution in [1.82, 2.24) is 19.9 Å². The molecule has 0 aliphatic rings. The highest BCUT2D eigenvalue weighted by Crippen LogP contribution is 2.28. The number of aromatic nitrogens is 3. The largest absolute Gasteiger partial charge is 0.493 e. The highest BCUT2D eigenvalue weighted by molar-refractivity contribution is 5.93. The van der Waals surface area contributed by atoms with Gasteiger partial charge in [-0.3, -0.25) is 4.40 Å². The lowest BCUT2D eigenvalue weighted by molar-refractivity contribution is -0.199. The van der Waals surface area contributed by atoms with Gasteiger partial charge in [0, 0.05) is 17.3 Å². The van der Waals surface area contributed by atoms with E-state index >= 15 is 0 Å². The molecule has 1 N–H and O–H groups in total. The summed E-state index contributed by atoms with van der Waals surface area (Å²) < 4.78 is 82.8. The van der Waals surface area contributed by atoms with Crippen molar-refractivity contribution in [2.45, 2.75) is 26.2 Å². The van der Waals surface area contributed by atoms with E-state index in [2.05, 4.69) is 26.8 Å². The van der Waals surface area contributed by atoms with E-state index in [1.165, 1.54) is 23.6 Å². The molecule has 0 saturated heterocycles. The maximum Gasteiger partial charge on any atom is 0.493 e. The lowest BCUT2D eigenvalue weighted by Crippen LogP contribution is -2.46. The number of hydrogen-bond donors (Lipinski definition) is 1. The van der Waals surface area contributed by atoms with Crippen LogP contribution in [0.25, 0.3) is 16.9 Å². The number of halogens is 6. The smallest absolute Gasteiger partial charge is 0.360 e. The van der Waals surface area contributed by atoms with Crippen molar-refractivity contribution < 1.29 is 45.3 Å². The van der Waals surface area contributed by atoms with Gasteiger partial charge in [-0.2, -0.15) is 26.3 Å². The number of imidazole rings is 1. The molecule has 0 fully saturated rings. The Balaban J connectivity index is 1.66. The summed E-state index contributed by atoms with van der Waals surface area (Å²) in [7, 11) is 0. The normalized spacial score (nSPS) is 11.6. The van der Waals surface area contributed by atoms with E-state index in [0.717, 1.165) is 12.1 Å². The van der Waals surface area contributed by atoms with Crippen molar-refractivity contribution in [3.63, 3.8) is 0 Å². The number of nitrogens with zero attached hydrogens (tertiary/aromatic N) is 4. The highest BCUT2D eigenvalue weighted by atomic mass is 19.4. The van der Waals surface area contributed by atoms with Crippen LogP contribution in [0.5, 0.6) is 0 Å². The molecule has 0 spiro atoms. The summed E-state index contributed by atoms with van der Waals surface area (Å²) in [5.41, 5.74) is 2.56. The molecule has 2 amide bonds. The number of benzene rings is 1. The van der Waals surface area contributed by atoms with E-state index in [1.807, 2.05) is 0 Å². The van der Waals surface area contributed by atoms with E-state index in [4.69, 9.17) is 4.52 Å². The van der Waals surface area contributed by atoms with Crippen molar-refractivity contribution >= 4 is 23.3 Å². The molecule has 0 saturated carbocycles. The van der Waals surface area contributed by atoms with Crippen LogP contribution >= 0.6 is 0 Å². The average Bonchev–Trinajstić information content (AvgIpc) is 3.45. The second kappa shape index (κ2) is 10.6. The van der Waals surface area contributed by atoms with Crippen molar-refractivity contribution in [3.05, 3.63) is 71.4 Å². The van der Waals surface area contributed by atoms with Gasteiger partial charge in [0.15, 0.2) is 0 Å². The number of alkyl halides is 6. The maximum atomic E-state index is 12.8. The fraction of sp³-hybridized carbons (Fsp3) is 0.200. The van der Waals surface area contributed by atoms with Gasteiger partial charge in [-0.1, -0.05) is 29.1 Å². The molecule has 40 heavy (non-hydrogen) atoms. The number of rotatable bonds is 3. The van der Waals surface area contributed by atoms with Crippen LogP contribution in [0.3, 0.4) is 0 Å². The molecule has 3 heterocycles. The highest BCUT2D eigenvalue weighted by Gasteiger charge is 2.44. The molecular weight excluding hydrogens is 548 g/mol. The molecule has 0 aliphatic heterocycles. The van der Waals surface area contributed by atoms with Crippen LogP contribution in [0.2, 0.25) is 0 Å². The average molecular weight is 565 g/mol. The number of hydrogen-bond acceptors (Lipinski definition) is 6. The Labute approximate surface area is 221 Å². The Hall–Kier alpha value is -5.00. The number of urea groups is 1. The minimum absolute atomic E-state index is 0.198. The fourth-order valence-electron chi connectivity index (χ4n) is 3.45. The molecule has 3 aromatic heterocycles. The van der Waals surface area contributed by atoms with Crippen LogP contribution in [0.4, 0.5) is 36.8 Å². The van der Waals surface area contributed by atoms with Crippen LogP contribution in [0.15, 0.2) is 53.3 Å². The summed E-state index contributed by atoms with van der Waals surface area (Å²) in [6.45, 7) is 1.61. The third-order valence-corrected chi connectivity index (χ3v) is 5.29. The first-order valence-corrected chi connectivity index (χ1v) is 11.2. The lowest BCUT2D eigenvalue weighted by Gasteiger charge is -2.22. The first-order chi connectivity index (χ1) is 18.7. The first kappa shape index (κ1) is 28.0. The summed E-state index contributed by atoms with van der Waals surface area (Å²) in [6.07, 6.45) is -7.34. The van der Waals surface area contributed by atoms with E-state index < -0.39 is 36.6 Å². The lowest BCUT2D eigenvalue weighted by atomic mass is 10.1. The zero-order valence-corrected chi connectivity index (χ0v) is 20.5. The van der Waals surface area contributed by atoms with Gasteiger partial charge >= 0.3 is 24.4 Å². The molecule has 0 radical (unpaired) electrons.